The molecule has 19 heavy (non-hydrogen) atoms. The molecule has 1 saturated carbocycles. The summed E-state index contributed by atoms with van der Waals surface area (Å²) >= 11 is 0. The maximum Gasteiger partial charge on any atom is 0.255 e. The van der Waals surface area contributed by atoms with Crippen LogP contribution in [0.1, 0.15) is 54.1 Å². The quantitative estimate of drug-likeness (QED) is 0.905. The summed E-state index contributed by atoms with van der Waals surface area (Å²) in [6.45, 7) is 3.38. The first-order valence-corrected chi connectivity index (χ1v) is 7.38. The van der Waals surface area contributed by atoms with Gasteiger partial charge in [-0.2, -0.15) is 0 Å². The van der Waals surface area contributed by atoms with E-state index in [0.29, 0.717) is 5.92 Å². The minimum Gasteiger partial charge on any atom is -0.468 e. The maximum absolute atomic E-state index is 12.5. The lowest BCUT2D eigenvalue weighted by Gasteiger charge is -2.48. The average molecular weight is 260 g/mol. The highest BCUT2D eigenvalue weighted by molar-refractivity contribution is 5.96. The summed E-state index contributed by atoms with van der Waals surface area (Å²) < 4.78 is 5.51. The van der Waals surface area contributed by atoms with Crippen LogP contribution in [0.5, 0.6) is 0 Å². The smallest absolute Gasteiger partial charge is 0.255 e. The van der Waals surface area contributed by atoms with E-state index in [0.717, 1.165) is 63.1 Å². The Morgan fingerprint density at radius 3 is 2.58 bits per heavy atom. The molecule has 4 heterocycles. The van der Waals surface area contributed by atoms with Crippen LogP contribution in [0.4, 0.5) is 0 Å². The van der Waals surface area contributed by atoms with E-state index in [9.17, 15) is 4.79 Å². The molecule has 5 rings (SSSR count). The molecule has 102 valence electrons. The zero-order valence-electron chi connectivity index (χ0n) is 11.2. The van der Waals surface area contributed by atoms with Crippen molar-refractivity contribution in [1.82, 2.24) is 10.2 Å². The fraction of sp³-hybridized carbons (Fsp3) is 0.667. The summed E-state index contributed by atoms with van der Waals surface area (Å²) in [6.07, 6.45) is 7.26. The second-order valence-corrected chi connectivity index (χ2v) is 6.30. The van der Waals surface area contributed by atoms with Crippen molar-refractivity contribution in [2.45, 2.75) is 43.6 Å². The van der Waals surface area contributed by atoms with Gasteiger partial charge in [0.2, 0.25) is 0 Å². The zero-order chi connectivity index (χ0) is 12.9. The van der Waals surface area contributed by atoms with Gasteiger partial charge in [0.15, 0.2) is 0 Å². The molecular weight excluding hydrogens is 240 g/mol. The van der Waals surface area contributed by atoms with E-state index in [2.05, 4.69) is 10.2 Å². The number of piperidine rings is 3. The number of carbonyl (C=O) groups excluding carboxylic acids is 1. The standard InChI is InChI=1S/C15H20N2O2/c18-14(12-3-10-19-13(12)11-1-2-11)16-15-4-7-17(8-5-15)9-6-15/h3,10-11H,1-2,4-9H2,(H,16,18). The SMILES string of the molecule is O=C(NC12CCN(CC1)CC2)c1ccoc1C1CC1. The summed E-state index contributed by atoms with van der Waals surface area (Å²) in [5, 5.41) is 3.32. The molecule has 0 spiro atoms. The van der Waals surface area contributed by atoms with Gasteiger partial charge in [-0.3, -0.25) is 4.79 Å². The Balaban J connectivity index is 1.52. The summed E-state index contributed by atoms with van der Waals surface area (Å²) in [5.41, 5.74) is 0.814. The van der Waals surface area contributed by atoms with Crippen molar-refractivity contribution in [2.24, 2.45) is 0 Å². The number of hydrogen-bond donors (Lipinski definition) is 1. The number of furan rings is 1. The molecule has 1 aromatic heterocycles. The third kappa shape index (κ3) is 1.98. The van der Waals surface area contributed by atoms with Crippen molar-refractivity contribution < 1.29 is 9.21 Å². The fourth-order valence-corrected chi connectivity index (χ4v) is 3.49. The van der Waals surface area contributed by atoms with Crippen LogP contribution in [-0.4, -0.2) is 36.0 Å². The zero-order valence-corrected chi connectivity index (χ0v) is 11.2. The number of fused-ring (bicyclic) bond motifs is 3. The van der Waals surface area contributed by atoms with Crippen LogP contribution in [0.25, 0.3) is 0 Å². The first-order valence-electron chi connectivity index (χ1n) is 7.38. The van der Waals surface area contributed by atoms with Crippen LogP contribution in [0, 0.1) is 0 Å². The van der Waals surface area contributed by atoms with Crippen molar-refractivity contribution in [2.75, 3.05) is 19.6 Å². The molecule has 3 aliphatic heterocycles. The van der Waals surface area contributed by atoms with Crippen LogP contribution in [0.2, 0.25) is 0 Å². The number of hydrogen-bond acceptors (Lipinski definition) is 3. The Morgan fingerprint density at radius 1 is 1.26 bits per heavy atom. The van der Waals surface area contributed by atoms with E-state index in [1.165, 1.54) is 0 Å². The topological polar surface area (TPSA) is 45.5 Å². The van der Waals surface area contributed by atoms with Crippen LogP contribution >= 0.6 is 0 Å². The highest BCUT2D eigenvalue weighted by Gasteiger charge is 2.41. The Labute approximate surface area is 113 Å². The number of rotatable bonds is 3. The normalized spacial score (nSPS) is 33.4. The van der Waals surface area contributed by atoms with Gasteiger partial charge in [0, 0.05) is 31.1 Å². The molecule has 1 aliphatic carbocycles. The highest BCUT2D eigenvalue weighted by atomic mass is 16.3. The van der Waals surface area contributed by atoms with Gasteiger partial charge in [0.1, 0.15) is 5.76 Å². The molecule has 4 aliphatic rings. The molecular formula is C15H20N2O2. The monoisotopic (exact) mass is 260 g/mol. The molecule has 0 radical (unpaired) electrons. The van der Waals surface area contributed by atoms with Crippen LogP contribution in [-0.2, 0) is 0 Å². The van der Waals surface area contributed by atoms with Crippen molar-refractivity contribution in [1.29, 1.82) is 0 Å². The first kappa shape index (κ1) is 11.5. The van der Waals surface area contributed by atoms with Gasteiger partial charge in [-0.25, -0.2) is 0 Å². The molecule has 2 bridgehead atoms. The predicted octanol–water partition coefficient (Wildman–Crippen LogP) is 2.13. The second kappa shape index (κ2) is 4.10. The van der Waals surface area contributed by atoms with E-state index < -0.39 is 0 Å². The molecule has 0 unspecified atom stereocenters. The number of amides is 1. The van der Waals surface area contributed by atoms with Gasteiger partial charge < -0.3 is 14.6 Å². The fourth-order valence-electron chi connectivity index (χ4n) is 3.49. The Bertz CT molecular complexity index is 482. The second-order valence-electron chi connectivity index (χ2n) is 6.30. The molecule has 0 aromatic carbocycles. The van der Waals surface area contributed by atoms with Gasteiger partial charge >= 0.3 is 0 Å². The molecule has 1 N–H and O–H groups in total. The average Bonchev–Trinajstić information content (AvgIpc) is 3.17. The molecule has 4 nitrogen and oxygen atoms in total. The molecule has 4 fully saturated rings. The molecule has 1 aromatic rings. The number of carbonyl (C=O) groups is 1. The van der Waals surface area contributed by atoms with Gasteiger partial charge in [0.05, 0.1) is 11.8 Å². The lowest BCUT2D eigenvalue weighted by atomic mass is 9.80. The van der Waals surface area contributed by atoms with E-state index in [4.69, 9.17) is 4.42 Å². The van der Waals surface area contributed by atoms with Gasteiger partial charge in [-0.1, -0.05) is 0 Å². The third-order valence-corrected chi connectivity index (χ3v) is 4.99. The summed E-state index contributed by atoms with van der Waals surface area (Å²) in [5.74, 6) is 1.47. The van der Waals surface area contributed by atoms with Gasteiger partial charge in [-0.15, -0.1) is 0 Å². The van der Waals surface area contributed by atoms with E-state index in [-0.39, 0.29) is 11.4 Å². The Hall–Kier alpha value is -1.29. The minimum atomic E-state index is 0.0456. The summed E-state index contributed by atoms with van der Waals surface area (Å²) in [4.78, 5) is 15.0. The third-order valence-electron chi connectivity index (χ3n) is 4.99. The lowest BCUT2D eigenvalue weighted by molar-refractivity contribution is 0.0514. The number of nitrogens with one attached hydrogen (secondary N) is 1. The van der Waals surface area contributed by atoms with Crippen molar-refractivity contribution in [3.05, 3.63) is 23.7 Å². The molecule has 0 atom stereocenters. The predicted molar refractivity (Wildman–Crippen MR) is 71.2 cm³/mol. The molecule has 3 saturated heterocycles. The van der Waals surface area contributed by atoms with Crippen molar-refractivity contribution in [3.63, 3.8) is 0 Å². The Kier molecular flexibility index (Phi) is 2.49. The van der Waals surface area contributed by atoms with E-state index in [1.807, 2.05) is 6.07 Å². The van der Waals surface area contributed by atoms with Crippen molar-refractivity contribution in [3.8, 4) is 0 Å². The summed E-state index contributed by atoms with van der Waals surface area (Å²) in [6, 6.07) is 1.83. The van der Waals surface area contributed by atoms with Gasteiger partial charge in [-0.05, 0) is 38.2 Å². The Morgan fingerprint density at radius 2 is 1.95 bits per heavy atom. The molecule has 4 heteroatoms. The summed E-state index contributed by atoms with van der Waals surface area (Å²) in [7, 11) is 0. The van der Waals surface area contributed by atoms with Crippen LogP contribution in [0.15, 0.2) is 16.7 Å². The molecule has 1 amide bonds. The minimum absolute atomic E-state index is 0.0456. The van der Waals surface area contributed by atoms with Crippen LogP contribution in [0.3, 0.4) is 0 Å². The highest BCUT2D eigenvalue weighted by Crippen LogP contribution is 2.42. The van der Waals surface area contributed by atoms with E-state index in [1.54, 1.807) is 6.26 Å². The largest absolute Gasteiger partial charge is 0.468 e. The first-order chi connectivity index (χ1) is 9.26. The maximum atomic E-state index is 12.5. The number of nitrogens with zero attached hydrogens (tertiary/aromatic N) is 1. The van der Waals surface area contributed by atoms with Crippen LogP contribution < -0.4 is 5.32 Å². The van der Waals surface area contributed by atoms with E-state index >= 15 is 0 Å². The van der Waals surface area contributed by atoms with Gasteiger partial charge in [0.25, 0.3) is 5.91 Å². The van der Waals surface area contributed by atoms with Crippen molar-refractivity contribution >= 4 is 5.91 Å². The lowest BCUT2D eigenvalue weighted by Crippen LogP contribution is -2.61.